The van der Waals surface area contributed by atoms with Crippen LogP contribution in [0, 0.1) is 23.7 Å². The maximum Gasteiger partial charge on any atom is 0.309 e. The van der Waals surface area contributed by atoms with Gasteiger partial charge in [-0.1, -0.05) is 20.4 Å². The van der Waals surface area contributed by atoms with Crippen LogP contribution in [0.5, 0.6) is 0 Å². The molecule has 1 N–H and O–H groups in total. The van der Waals surface area contributed by atoms with E-state index in [1.54, 1.807) is 0 Å². The first-order valence-corrected chi connectivity index (χ1v) is 7.07. The van der Waals surface area contributed by atoms with Crippen molar-refractivity contribution in [3.8, 4) is 0 Å². The Balaban J connectivity index is 2.08. The number of esters is 1. The van der Waals surface area contributed by atoms with Crippen LogP contribution < -0.4 is 0 Å². The van der Waals surface area contributed by atoms with E-state index < -0.39 is 11.7 Å². The van der Waals surface area contributed by atoms with E-state index in [0.29, 0.717) is 11.8 Å². The molecule has 3 aliphatic rings. The van der Waals surface area contributed by atoms with Crippen LogP contribution in [-0.2, 0) is 9.53 Å². The zero-order valence-corrected chi connectivity index (χ0v) is 11.2. The average molecular weight is 250 g/mol. The van der Waals surface area contributed by atoms with Crippen LogP contribution >= 0.6 is 0 Å². The quantitative estimate of drug-likeness (QED) is 0.530. The summed E-state index contributed by atoms with van der Waals surface area (Å²) in [5, 5.41) is 10.6. The Kier molecular flexibility index (Phi) is 2.60. The zero-order valence-electron chi connectivity index (χ0n) is 11.2. The van der Waals surface area contributed by atoms with Gasteiger partial charge in [-0.05, 0) is 37.2 Å². The predicted molar refractivity (Wildman–Crippen MR) is 67.7 cm³/mol. The maximum absolute atomic E-state index is 12.0. The molecule has 3 heteroatoms. The van der Waals surface area contributed by atoms with Crippen molar-refractivity contribution in [3.63, 3.8) is 0 Å². The molecule has 1 aliphatic heterocycles. The SMILES string of the molecule is C=C1CC[C@H]2[C@H](C)CC[C@H]3[C@@H](C)C(=O)O[C@@]23[C@@H]1O. The summed E-state index contributed by atoms with van der Waals surface area (Å²) in [6.07, 6.45) is 3.30. The topological polar surface area (TPSA) is 46.5 Å². The molecule has 2 aliphatic carbocycles. The molecule has 18 heavy (non-hydrogen) atoms. The summed E-state index contributed by atoms with van der Waals surface area (Å²) in [5.41, 5.74) is 0.177. The third kappa shape index (κ3) is 1.31. The van der Waals surface area contributed by atoms with E-state index in [9.17, 15) is 9.90 Å². The average Bonchev–Trinajstić information content (AvgIpc) is 2.59. The van der Waals surface area contributed by atoms with Crippen molar-refractivity contribution < 1.29 is 14.6 Å². The third-order valence-corrected chi connectivity index (χ3v) is 5.62. The fraction of sp³-hybridized carbons (Fsp3) is 0.800. The van der Waals surface area contributed by atoms with E-state index in [1.165, 1.54) is 0 Å². The maximum atomic E-state index is 12.0. The lowest BCUT2D eigenvalue weighted by molar-refractivity contribution is -0.188. The first kappa shape index (κ1) is 12.2. The monoisotopic (exact) mass is 250 g/mol. The molecule has 0 aromatic rings. The molecule has 0 unspecified atom stereocenters. The number of carbonyl (C=O) groups is 1. The van der Waals surface area contributed by atoms with Crippen LogP contribution in [0.4, 0.5) is 0 Å². The third-order valence-electron chi connectivity index (χ3n) is 5.62. The second kappa shape index (κ2) is 3.83. The van der Waals surface area contributed by atoms with Crippen LogP contribution in [0.15, 0.2) is 12.2 Å². The lowest BCUT2D eigenvalue weighted by atomic mass is 9.55. The molecular weight excluding hydrogens is 228 g/mol. The van der Waals surface area contributed by atoms with Gasteiger partial charge in [0.2, 0.25) is 0 Å². The predicted octanol–water partition coefficient (Wildman–Crippen LogP) is 2.29. The number of ether oxygens (including phenoxy) is 1. The number of hydrogen-bond donors (Lipinski definition) is 1. The van der Waals surface area contributed by atoms with E-state index in [0.717, 1.165) is 31.3 Å². The largest absolute Gasteiger partial charge is 0.455 e. The zero-order chi connectivity index (χ0) is 13.1. The molecule has 2 saturated carbocycles. The van der Waals surface area contributed by atoms with Crippen molar-refractivity contribution in [1.82, 2.24) is 0 Å². The fourth-order valence-corrected chi connectivity index (χ4v) is 4.58. The minimum Gasteiger partial charge on any atom is -0.455 e. The highest BCUT2D eigenvalue weighted by Gasteiger charge is 2.65. The van der Waals surface area contributed by atoms with Gasteiger partial charge < -0.3 is 9.84 Å². The Morgan fingerprint density at radius 2 is 2.00 bits per heavy atom. The highest BCUT2D eigenvalue weighted by molar-refractivity contribution is 5.76. The van der Waals surface area contributed by atoms with Crippen molar-refractivity contribution in [1.29, 1.82) is 0 Å². The standard InChI is InChI=1S/C15H22O3/c1-8-4-7-12-10(3)14(17)18-15(12)11(8)6-5-9(2)13(15)16/h8,10-13,16H,2,4-7H2,1,3H3/t8-,10-,11+,12+,13-,15+/m1/s1. The Morgan fingerprint density at radius 3 is 2.72 bits per heavy atom. The van der Waals surface area contributed by atoms with Gasteiger partial charge in [0.15, 0.2) is 0 Å². The van der Waals surface area contributed by atoms with Crippen LogP contribution in [0.1, 0.15) is 39.5 Å². The van der Waals surface area contributed by atoms with Gasteiger partial charge in [0.25, 0.3) is 0 Å². The highest BCUT2D eigenvalue weighted by Crippen LogP contribution is 2.58. The first-order valence-electron chi connectivity index (χ1n) is 7.07. The molecule has 0 radical (unpaired) electrons. The molecular formula is C15H22O3. The molecule has 6 atom stereocenters. The van der Waals surface area contributed by atoms with Crippen molar-refractivity contribution in [2.75, 3.05) is 0 Å². The summed E-state index contributed by atoms with van der Waals surface area (Å²) in [6.45, 7) is 8.14. The van der Waals surface area contributed by atoms with Crippen LogP contribution in [0.2, 0.25) is 0 Å². The number of aliphatic hydroxyl groups excluding tert-OH is 1. The lowest BCUT2D eigenvalue weighted by Gasteiger charge is -2.53. The molecule has 3 nitrogen and oxygen atoms in total. The minimum atomic E-state index is -0.669. The Labute approximate surface area is 108 Å². The van der Waals surface area contributed by atoms with Crippen LogP contribution in [-0.4, -0.2) is 22.8 Å². The molecule has 100 valence electrons. The Hall–Kier alpha value is -0.830. The highest BCUT2D eigenvalue weighted by atomic mass is 16.6. The lowest BCUT2D eigenvalue weighted by Crippen LogP contribution is -2.60. The van der Waals surface area contributed by atoms with E-state index in [4.69, 9.17) is 4.74 Å². The summed E-state index contributed by atoms with van der Waals surface area (Å²) < 4.78 is 5.77. The number of rotatable bonds is 0. The van der Waals surface area contributed by atoms with E-state index in [1.807, 2.05) is 6.92 Å². The second-order valence-electron chi connectivity index (χ2n) is 6.43. The van der Waals surface area contributed by atoms with Crippen LogP contribution in [0.25, 0.3) is 0 Å². The van der Waals surface area contributed by atoms with Crippen molar-refractivity contribution in [2.24, 2.45) is 23.7 Å². The molecule has 0 bridgehead atoms. The number of carbonyl (C=O) groups excluding carboxylic acids is 1. The summed E-state index contributed by atoms with van der Waals surface area (Å²) in [6, 6.07) is 0. The summed E-state index contributed by atoms with van der Waals surface area (Å²) in [5.74, 6) is 0.763. The molecule has 0 amide bonds. The summed E-state index contributed by atoms with van der Waals surface area (Å²) in [4.78, 5) is 12.0. The Bertz CT molecular complexity index is 403. The number of hydrogen-bond acceptors (Lipinski definition) is 3. The number of aliphatic hydroxyl groups is 1. The van der Waals surface area contributed by atoms with Gasteiger partial charge in [-0.15, -0.1) is 0 Å². The molecule has 3 fully saturated rings. The van der Waals surface area contributed by atoms with Gasteiger partial charge in [0.1, 0.15) is 11.7 Å². The smallest absolute Gasteiger partial charge is 0.309 e. The van der Waals surface area contributed by atoms with Gasteiger partial charge >= 0.3 is 5.97 Å². The van der Waals surface area contributed by atoms with E-state index >= 15 is 0 Å². The Morgan fingerprint density at radius 1 is 1.28 bits per heavy atom. The van der Waals surface area contributed by atoms with Gasteiger partial charge in [-0.2, -0.15) is 0 Å². The summed E-state index contributed by atoms with van der Waals surface area (Å²) in [7, 11) is 0. The molecule has 0 aromatic carbocycles. The van der Waals surface area contributed by atoms with Crippen LogP contribution in [0.3, 0.4) is 0 Å². The van der Waals surface area contributed by atoms with Crippen molar-refractivity contribution in [2.45, 2.75) is 51.2 Å². The van der Waals surface area contributed by atoms with Crippen molar-refractivity contribution >= 4 is 5.97 Å². The second-order valence-corrected chi connectivity index (χ2v) is 6.43. The fourth-order valence-electron chi connectivity index (χ4n) is 4.58. The first-order chi connectivity index (χ1) is 8.48. The normalized spacial score (nSPS) is 51.6. The van der Waals surface area contributed by atoms with E-state index in [-0.39, 0.29) is 17.8 Å². The van der Waals surface area contributed by atoms with Gasteiger partial charge in [0, 0.05) is 11.8 Å². The molecule has 1 spiro atoms. The minimum absolute atomic E-state index is 0.0828. The van der Waals surface area contributed by atoms with E-state index in [2.05, 4.69) is 13.5 Å². The summed E-state index contributed by atoms with van der Waals surface area (Å²) >= 11 is 0. The molecule has 0 aromatic heterocycles. The molecule has 3 rings (SSSR count). The van der Waals surface area contributed by atoms with Crippen molar-refractivity contribution in [3.05, 3.63) is 12.2 Å². The van der Waals surface area contributed by atoms with Gasteiger partial charge in [-0.25, -0.2) is 0 Å². The molecule has 1 saturated heterocycles. The van der Waals surface area contributed by atoms with Gasteiger partial charge in [0.05, 0.1) is 5.92 Å². The van der Waals surface area contributed by atoms with Gasteiger partial charge in [-0.3, -0.25) is 4.79 Å². The molecule has 1 heterocycles.